The molecule has 0 aromatic heterocycles. The van der Waals surface area contributed by atoms with Gasteiger partial charge in [0.2, 0.25) is 0 Å². The van der Waals surface area contributed by atoms with Crippen LogP contribution in [0.4, 0.5) is 0 Å². The second-order valence-corrected chi connectivity index (χ2v) is 13.3. The number of aliphatic hydroxyl groups excluding tert-OH is 1. The fraction of sp³-hybridized carbons (Fsp3) is 0.314. The Bertz CT molecular complexity index is 1740. The molecular formula is C35H36O7S. The molecule has 1 fully saturated rings. The van der Waals surface area contributed by atoms with Gasteiger partial charge in [-0.15, -0.1) is 0 Å². The first-order chi connectivity index (χ1) is 20.7. The predicted molar refractivity (Wildman–Crippen MR) is 164 cm³/mol. The SMILES string of the molecule is CCOc1cc(OCC)c2c(c1)O[C@@]1(c3ccc(-c4cccc(S(=O)(=O)CC)c4)cc3)[C@H](c3ccccc3)C[C@@H](O)[C@@]21O. The van der Waals surface area contributed by atoms with Crippen LogP contribution in [0.5, 0.6) is 17.2 Å². The third-order valence-corrected chi connectivity index (χ3v) is 10.5. The molecule has 6 rings (SSSR count). The second-order valence-electron chi connectivity index (χ2n) is 11.0. The Morgan fingerprint density at radius 3 is 2.26 bits per heavy atom. The molecule has 1 saturated carbocycles. The molecule has 1 aliphatic heterocycles. The van der Waals surface area contributed by atoms with Crippen molar-refractivity contribution in [3.8, 4) is 28.4 Å². The number of aliphatic hydroxyl groups is 2. The molecule has 2 N–H and O–H groups in total. The average Bonchev–Trinajstić information content (AvgIpc) is 3.42. The first kappa shape index (κ1) is 29.2. The highest BCUT2D eigenvalue weighted by atomic mass is 32.2. The van der Waals surface area contributed by atoms with Crippen molar-refractivity contribution in [2.24, 2.45) is 0 Å². The maximum Gasteiger partial charge on any atom is 0.178 e. The summed E-state index contributed by atoms with van der Waals surface area (Å²) in [6.45, 7) is 6.18. The summed E-state index contributed by atoms with van der Waals surface area (Å²) in [6.07, 6.45) is -0.899. The molecule has 1 aliphatic carbocycles. The van der Waals surface area contributed by atoms with Gasteiger partial charge in [-0.05, 0) is 54.7 Å². The van der Waals surface area contributed by atoms with Gasteiger partial charge in [0.25, 0.3) is 0 Å². The van der Waals surface area contributed by atoms with Crippen LogP contribution in [-0.2, 0) is 21.0 Å². The smallest absolute Gasteiger partial charge is 0.178 e. The summed E-state index contributed by atoms with van der Waals surface area (Å²) in [6, 6.07) is 27.8. The zero-order chi connectivity index (χ0) is 30.4. The van der Waals surface area contributed by atoms with Crippen LogP contribution in [-0.4, -0.2) is 43.7 Å². The van der Waals surface area contributed by atoms with E-state index in [0.717, 1.165) is 16.7 Å². The first-order valence-electron chi connectivity index (χ1n) is 14.7. The summed E-state index contributed by atoms with van der Waals surface area (Å²) in [5.41, 5.74) is 0.359. The van der Waals surface area contributed by atoms with Gasteiger partial charge in [-0.1, -0.05) is 73.7 Å². The van der Waals surface area contributed by atoms with Crippen molar-refractivity contribution in [3.63, 3.8) is 0 Å². The van der Waals surface area contributed by atoms with E-state index in [1.54, 1.807) is 37.3 Å². The molecule has 4 aromatic rings. The Hall–Kier alpha value is -3.85. The van der Waals surface area contributed by atoms with E-state index in [-0.39, 0.29) is 17.1 Å². The Morgan fingerprint density at radius 2 is 1.58 bits per heavy atom. The quantitative estimate of drug-likeness (QED) is 0.244. The van der Waals surface area contributed by atoms with Crippen LogP contribution in [0.15, 0.2) is 95.9 Å². The average molecular weight is 601 g/mol. The van der Waals surface area contributed by atoms with Gasteiger partial charge in [0.05, 0.1) is 35.5 Å². The Kier molecular flexibility index (Phi) is 7.49. The monoisotopic (exact) mass is 600 g/mol. The summed E-state index contributed by atoms with van der Waals surface area (Å²) >= 11 is 0. The molecule has 0 saturated heterocycles. The minimum Gasteiger partial charge on any atom is -0.494 e. The number of hydrogen-bond donors (Lipinski definition) is 2. The van der Waals surface area contributed by atoms with Crippen LogP contribution in [0.1, 0.15) is 49.8 Å². The zero-order valence-corrected chi connectivity index (χ0v) is 25.3. The van der Waals surface area contributed by atoms with E-state index in [9.17, 15) is 18.6 Å². The van der Waals surface area contributed by atoms with Crippen molar-refractivity contribution in [3.05, 3.63) is 108 Å². The molecule has 7 nitrogen and oxygen atoms in total. The molecule has 0 bridgehead atoms. The fourth-order valence-electron chi connectivity index (χ4n) is 6.77. The zero-order valence-electron chi connectivity index (χ0n) is 24.5. The van der Waals surface area contributed by atoms with Gasteiger partial charge in [-0.25, -0.2) is 8.42 Å². The molecular weight excluding hydrogens is 564 g/mol. The van der Waals surface area contributed by atoms with Crippen LogP contribution >= 0.6 is 0 Å². The van der Waals surface area contributed by atoms with Crippen molar-refractivity contribution in [1.29, 1.82) is 0 Å². The lowest BCUT2D eigenvalue weighted by Gasteiger charge is -2.41. The first-order valence-corrected chi connectivity index (χ1v) is 16.4. The molecule has 0 radical (unpaired) electrons. The maximum atomic E-state index is 12.8. The lowest BCUT2D eigenvalue weighted by atomic mass is 9.71. The van der Waals surface area contributed by atoms with Gasteiger partial charge in [-0.2, -0.15) is 0 Å². The minimum absolute atomic E-state index is 0.0202. The van der Waals surface area contributed by atoms with Crippen molar-refractivity contribution in [2.45, 2.75) is 55.3 Å². The maximum absolute atomic E-state index is 12.8. The molecule has 0 spiro atoms. The van der Waals surface area contributed by atoms with Crippen LogP contribution in [0, 0.1) is 0 Å². The summed E-state index contributed by atoms with van der Waals surface area (Å²) in [4.78, 5) is 0.274. The van der Waals surface area contributed by atoms with Crippen molar-refractivity contribution < 1.29 is 32.8 Å². The van der Waals surface area contributed by atoms with Gasteiger partial charge in [0, 0.05) is 18.1 Å². The molecule has 2 aliphatic rings. The molecule has 8 heteroatoms. The highest BCUT2D eigenvalue weighted by molar-refractivity contribution is 7.91. The number of ether oxygens (including phenoxy) is 3. The molecule has 4 atom stereocenters. The lowest BCUT2D eigenvalue weighted by molar-refractivity contribution is -0.150. The van der Waals surface area contributed by atoms with E-state index in [1.807, 2.05) is 74.5 Å². The lowest BCUT2D eigenvalue weighted by Crippen LogP contribution is -2.52. The Labute approximate surface area is 252 Å². The predicted octanol–water partition coefficient (Wildman–Crippen LogP) is 5.97. The largest absolute Gasteiger partial charge is 0.494 e. The minimum atomic E-state index is -3.37. The highest BCUT2D eigenvalue weighted by Crippen LogP contribution is 2.68. The van der Waals surface area contributed by atoms with Crippen LogP contribution in [0.3, 0.4) is 0 Å². The number of benzene rings is 4. The molecule has 224 valence electrons. The number of fused-ring (bicyclic) bond motifs is 3. The third kappa shape index (κ3) is 4.51. The fourth-order valence-corrected chi connectivity index (χ4v) is 7.70. The van der Waals surface area contributed by atoms with Gasteiger partial charge in [-0.3, -0.25) is 0 Å². The molecule has 4 aromatic carbocycles. The van der Waals surface area contributed by atoms with Gasteiger partial charge < -0.3 is 24.4 Å². The van der Waals surface area contributed by atoms with Crippen LogP contribution in [0.2, 0.25) is 0 Å². The van der Waals surface area contributed by atoms with E-state index in [4.69, 9.17) is 14.2 Å². The van der Waals surface area contributed by atoms with Gasteiger partial charge >= 0.3 is 0 Å². The van der Waals surface area contributed by atoms with Gasteiger partial charge in [0.1, 0.15) is 17.2 Å². The topological polar surface area (TPSA) is 102 Å². The normalized spacial score (nSPS) is 24.2. The number of hydrogen-bond acceptors (Lipinski definition) is 7. The van der Waals surface area contributed by atoms with E-state index in [1.165, 1.54) is 0 Å². The van der Waals surface area contributed by atoms with Crippen molar-refractivity contribution in [2.75, 3.05) is 19.0 Å². The second kappa shape index (κ2) is 11.0. The van der Waals surface area contributed by atoms with Crippen molar-refractivity contribution in [1.82, 2.24) is 0 Å². The Balaban J connectivity index is 1.53. The van der Waals surface area contributed by atoms with Crippen LogP contribution in [0.25, 0.3) is 11.1 Å². The summed E-state index contributed by atoms with van der Waals surface area (Å²) < 4.78 is 43.8. The summed E-state index contributed by atoms with van der Waals surface area (Å²) in [7, 11) is -3.37. The van der Waals surface area contributed by atoms with Crippen molar-refractivity contribution >= 4 is 9.84 Å². The number of sulfone groups is 1. The van der Waals surface area contributed by atoms with E-state index in [0.29, 0.717) is 41.6 Å². The molecule has 0 amide bonds. The van der Waals surface area contributed by atoms with Crippen LogP contribution < -0.4 is 14.2 Å². The standard InChI is InChI=1S/C35H36O7S/c1-4-40-27-20-30(41-5-2)33-31(21-27)42-35(29(22-32(36)34(33,35)37)24-11-8-7-9-12-24)26-17-15-23(16-18-26)25-13-10-14-28(19-25)43(38,39)6-3/h7-21,29,32,36-37H,4-6,22H2,1-3H3/t29-,32+,34+,35-/m0/s1. The number of rotatable bonds is 9. The van der Waals surface area contributed by atoms with E-state index >= 15 is 0 Å². The Morgan fingerprint density at radius 1 is 0.860 bits per heavy atom. The molecule has 43 heavy (non-hydrogen) atoms. The third-order valence-electron chi connectivity index (χ3n) is 8.72. The van der Waals surface area contributed by atoms with E-state index < -0.39 is 33.1 Å². The van der Waals surface area contributed by atoms with E-state index in [2.05, 4.69) is 0 Å². The molecule has 1 heterocycles. The summed E-state index contributed by atoms with van der Waals surface area (Å²) in [5, 5.41) is 24.5. The van der Waals surface area contributed by atoms with Gasteiger partial charge in [0.15, 0.2) is 21.0 Å². The summed E-state index contributed by atoms with van der Waals surface area (Å²) in [5.74, 6) is 0.970. The molecule has 0 unspecified atom stereocenters. The highest BCUT2D eigenvalue weighted by Gasteiger charge is 2.73.